The van der Waals surface area contributed by atoms with Crippen LogP contribution in [0, 0.1) is 6.92 Å². The van der Waals surface area contributed by atoms with Gasteiger partial charge in [-0.15, -0.1) is 0 Å². The molecule has 0 saturated carbocycles. The summed E-state index contributed by atoms with van der Waals surface area (Å²) in [6.45, 7) is 3.05. The van der Waals surface area contributed by atoms with Crippen molar-refractivity contribution in [3.63, 3.8) is 0 Å². The maximum Gasteiger partial charge on any atom is 0.253 e. The zero-order chi connectivity index (χ0) is 12.4. The Balaban J connectivity index is 2.16. The fraction of sp³-hybridized carbons (Fsp3) is 0.385. The van der Waals surface area contributed by atoms with Gasteiger partial charge in [-0.25, -0.2) is 0 Å². The van der Waals surface area contributed by atoms with E-state index in [1.165, 1.54) is 0 Å². The van der Waals surface area contributed by atoms with Gasteiger partial charge in [0.2, 0.25) is 0 Å². The van der Waals surface area contributed by atoms with Crippen LogP contribution in [-0.4, -0.2) is 29.7 Å². The van der Waals surface area contributed by atoms with Crippen molar-refractivity contribution < 1.29 is 9.59 Å². The van der Waals surface area contributed by atoms with Crippen LogP contribution in [0.1, 0.15) is 28.8 Å². The molecule has 90 valence electrons. The van der Waals surface area contributed by atoms with Gasteiger partial charge in [-0.1, -0.05) is 15.9 Å². The highest BCUT2D eigenvalue weighted by atomic mass is 79.9. The van der Waals surface area contributed by atoms with Crippen LogP contribution in [0.2, 0.25) is 0 Å². The SMILES string of the molecule is Cc1cc(Br)cc(C(=O)N2CCC(=O)CC2)c1. The Kier molecular flexibility index (Phi) is 3.62. The molecule has 1 fully saturated rings. The van der Waals surface area contributed by atoms with Crippen LogP contribution in [0.5, 0.6) is 0 Å². The number of carbonyl (C=O) groups excluding carboxylic acids is 2. The molecule has 1 aliphatic rings. The number of aryl methyl sites for hydroxylation is 1. The smallest absolute Gasteiger partial charge is 0.253 e. The van der Waals surface area contributed by atoms with Gasteiger partial charge in [0.15, 0.2) is 0 Å². The predicted octanol–water partition coefficient (Wildman–Crippen LogP) is 2.56. The van der Waals surface area contributed by atoms with Crippen molar-refractivity contribution in [2.45, 2.75) is 19.8 Å². The molecule has 0 atom stereocenters. The summed E-state index contributed by atoms with van der Waals surface area (Å²) in [5, 5.41) is 0. The average Bonchev–Trinajstić information content (AvgIpc) is 2.28. The third-order valence-corrected chi connectivity index (χ3v) is 3.36. The molecule has 1 amide bonds. The molecule has 0 unspecified atom stereocenters. The van der Waals surface area contributed by atoms with Gasteiger partial charge in [0, 0.05) is 36.0 Å². The van der Waals surface area contributed by atoms with Crippen molar-refractivity contribution >= 4 is 27.6 Å². The van der Waals surface area contributed by atoms with E-state index in [1.807, 2.05) is 25.1 Å². The number of hydrogen-bond donors (Lipinski definition) is 0. The quantitative estimate of drug-likeness (QED) is 0.798. The van der Waals surface area contributed by atoms with Crippen LogP contribution < -0.4 is 0 Å². The minimum Gasteiger partial charge on any atom is -0.338 e. The summed E-state index contributed by atoms with van der Waals surface area (Å²) >= 11 is 3.39. The summed E-state index contributed by atoms with van der Waals surface area (Å²) in [6.07, 6.45) is 0.970. The molecular weight excluding hydrogens is 282 g/mol. The Hall–Kier alpha value is -1.16. The van der Waals surface area contributed by atoms with E-state index in [4.69, 9.17) is 0 Å². The van der Waals surface area contributed by atoms with Gasteiger partial charge in [-0.2, -0.15) is 0 Å². The number of hydrogen-bond acceptors (Lipinski definition) is 2. The fourth-order valence-electron chi connectivity index (χ4n) is 2.00. The summed E-state index contributed by atoms with van der Waals surface area (Å²) in [5.41, 5.74) is 1.74. The van der Waals surface area contributed by atoms with E-state index in [0.29, 0.717) is 31.5 Å². The molecule has 0 aliphatic carbocycles. The van der Waals surface area contributed by atoms with Gasteiger partial charge >= 0.3 is 0 Å². The molecule has 2 rings (SSSR count). The van der Waals surface area contributed by atoms with Crippen LogP contribution >= 0.6 is 15.9 Å². The zero-order valence-corrected chi connectivity index (χ0v) is 11.3. The Bertz CT molecular complexity index is 440. The third kappa shape index (κ3) is 2.94. The number of benzene rings is 1. The number of rotatable bonds is 1. The lowest BCUT2D eigenvalue weighted by atomic mass is 10.1. The van der Waals surface area contributed by atoms with Crippen LogP contribution in [0.3, 0.4) is 0 Å². The van der Waals surface area contributed by atoms with Crippen molar-refractivity contribution in [3.05, 3.63) is 33.8 Å². The van der Waals surface area contributed by atoms with Gasteiger partial charge in [-0.3, -0.25) is 9.59 Å². The molecule has 17 heavy (non-hydrogen) atoms. The minimum absolute atomic E-state index is 0.0156. The first-order valence-corrected chi connectivity index (χ1v) is 6.44. The highest BCUT2D eigenvalue weighted by Gasteiger charge is 2.21. The van der Waals surface area contributed by atoms with Gasteiger partial charge in [0.05, 0.1) is 0 Å². The molecule has 0 aromatic heterocycles. The lowest BCUT2D eigenvalue weighted by Gasteiger charge is -2.26. The molecule has 1 aromatic rings. The number of piperidine rings is 1. The molecule has 0 N–H and O–H groups in total. The summed E-state index contributed by atoms with van der Waals surface area (Å²) in [5.74, 6) is 0.265. The number of nitrogens with zero attached hydrogens (tertiary/aromatic N) is 1. The molecule has 4 heteroatoms. The fourth-order valence-corrected chi connectivity index (χ4v) is 2.61. The van der Waals surface area contributed by atoms with Gasteiger partial charge in [0.1, 0.15) is 5.78 Å². The van der Waals surface area contributed by atoms with Gasteiger partial charge in [0.25, 0.3) is 5.91 Å². The summed E-state index contributed by atoms with van der Waals surface area (Å²) in [6, 6.07) is 5.67. The predicted molar refractivity (Wildman–Crippen MR) is 69.0 cm³/mol. The van der Waals surface area contributed by atoms with E-state index in [9.17, 15) is 9.59 Å². The molecule has 0 radical (unpaired) electrons. The van der Waals surface area contributed by atoms with Crippen molar-refractivity contribution in [1.82, 2.24) is 4.90 Å². The lowest BCUT2D eigenvalue weighted by molar-refractivity contribution is -0.120. The number of likely N-dealkylation sites (tertiary alicyclic amines) is 1. The Morgan fingerprint density at radius 2 is 1.88 bits per heavy atom. The van der Waals surface area contributed by atoms with Crippen LogP contribution in [-0.2, 0) is 4.79 Å². The van der Waals surface area contributed by atoms with Gasteiger partial charge in [-0.05, 0) is 30.7 Å². The summed E-state index contributed by atoms with van der Waals surface area (Å²) in [4.78, 5) is 25.1. The second kappa shape index (κ2) is 5.00. The number of amides is 1. The van der Waals surface area contributed by atoms with E-state index in [1.54, 1.807) is 4.90 Å². The number of Topliss-reactive ketones (excluding diaryl/α,β-unsaturated/α-hetero) is 1. The van der Waals surface area contributed by atoms with Crippen LogP contribution in [0.15, 0.2) is 22.7 Å². The highest BCUT2D eigenvalue weighted by molar-refractivity contribution is 9.10. The molecule has 1 aliphatic heterocycles. The van der Waals surface area contributed by atoms with Crippen molar-refractivity contribution in [2.24, 2.45) is 0 Å². The molecule has 0 spiro atoms. The average molecular weight is 296 g/mol. The minimum atomic E-state index is 0.0156. The van der Waals surface area contributed by atoms with Crippen LogP contribution in [0.4, 0.5) is 0 Å². The summed E-state index contributed by atoms with van der Waals surface area (Å²) in [7, 11) is 0. The van der Waals surface area contributed by atoms with Crippen molar-refractivity contribution in [2.75, 3.05) is 13.1 Å². The molecular formula is C13H14BrNO2. The van der Waals surface area contributed by atoms with Crippen LogP contribution in [0.25, 0.3) is 0 Å². The standard InChI is InChI=1S/C13H14BrNO2/c1-9-6-10(8-11(14)7-9)13(17)15-4-2-12(16)3-5-15/h6-8H,2-5H2,1H3. The maximum absolute atomic E-state index is 12.2. The Morgan fingerprint density at radius 1 is 1.24 bits per heavy atom. The lowest BCUT2D eigenvalue weighted by Crippen LogP contribution is -2.38. The van der Waals surface area contributed by atoms with E-state index in [-0.39, 0.29) is 11.7 Å². The topological polar surface area (TPSA) is 37.4 Å². The Morgan fingerprint density at radius 3 is 2.47 bits per heavy atom. The first kappa shape index (κ1) is 12.3. The van der Waals surface area contributed by atoms with E-state index < -0.39 is 0 Å². The first-order chi connectivity index (χ1) is 8.06. The first-order valence-electron chi connectivity index (χ1n) is 5.64. The molecule has 0 bridgehead atoms. The number of ketones is 1. The largest absolute Gasteiger partial charge is 0.338 e. The second-order valence-electron chi connectivity index (χ2n) is 4.35. The number of carbonyl (C=O) groups is 2. The van der Waals surface area contributed by atoms with E-state index in [0.717, 1.165) is 10.0 Å². The van der Waals surface area contributed by atoms with E-state index >= 15 is 0 Å². The number of halogens is 1. The molecule has 1 aromatic carbocycles. The third-order valence-electron chi connectivity index (χ3n) is 2.90. The second-order valence-corrected chi connectivity index (χ2v) is 5.26. The summed E-state index contributed by atoms with van der Waals surface area (Å²) < 4.78 is 0.911. The Labute approximate surface area is 109 Å². The zero-order valence-electron chi connectivity index (χ0n) is 9.70. The maximum atomic E-state index is 12.2. The molecule has 3 nitrogen and oxygen atoms in total. The normalized spacial score (nSPS) is 16.1. The van der Waals surface area contributed by atoms with Crippen molar-refractivity contribution in [1.29, 1.82) is 0 Å². The van der Waals surface area contributed by atoms with E-state index in [2.05, 4.69) is 15.9 Å². The molecule has 1 saturated heterocycles. The molecule has 1 heterocycles. The highest BCUT2D eigenvalue weighted by Crippen LogP contribution is 2.18. The monoisotopic (exact) mass is 295 g/mol. The van der Waals surface area contributed by atoms with Crippen molar-refractivity contribution in [3.8, 4) is 0 Å². The van der Waals surface area contributed by atoms with Gasteiger partial charge < -0.3 is 4.90 Å².